The molecule has 1 aliphatic heterocycles. The van der Waals surface area contributed by atoms with Gasteiger partial charge in [0.25, 0.3) is 0 Å². The summed E-state index contributed by atoms with van der Waals surface area (Å²) in [6.07, 6.45) is 0. The van der Waals surface area contributed by atoms with Crippen LogP contribution < -0.4 is 10.2 Å². The summed E-state index contributed by atoms with van der Waals surface area (Å²) >= 11 is 0. The van der Waals surface area contributed by atoms with Crippen LogP contribution in [0.2, 0.25) is 0 Å². The van der Waals surface area contributed by atoms with Gasteiger partial charge in [-0.3, -0.25) is 0 Å². The second-order valence-electron chi connectivity index (χ2n) is 6.23. The van der Waals surface area contributed by atoms with E-state index in [-0.39, 0.29) is 18.7 Å². The predicted molar refractivity (Wildman–Crippen MR) is 99.0 cm³/mol. The van der Waals surface area contributed by atoms with Crippen molar-refractivity contribution in [3.8, 4) is 0 Å². The van der Waals surface area contributed by atoms with Gasteiger partial charge in [-0.2, -0.15) is 4.31 Å². The SMILES string of the molecule is CCNc1ccc(N2CCN(S(=O)(=O)Cc3cc(F)cc(F)c3)CC2)nn1. The fourth-order valence-electron chi connectivity index (χ4n) is 2.96. The van der Waals surface area contributed by atoms with Crippen LogP contribution in [0.5, 0.6) is 0 Å². The molecule has 1 aromatic heterocycles. The molecule has 0 radical (unpaired) electrons. The lowest BCUT2D eigenvalue weighted by Crippen LogP contribution is -2.49. The molecule has 7 nitrogen and oxygen atoms in total. The highest BCUT2D eigenvalue weighted by Crippen LogP contribution is 2.19. The van der Waals surface area contributed by atoms with Crippen LogP contribution in [0.25, 0.3) is 0 Å². The highest BCUT2D eigenvalue weighted by Gasteiger charge is 2.28. The minimum Gasteiger partial charge on any atom is -0.369 e. The lowest BCUT2D eigenvalue weighted by molar-refractivity contribution is 0.383. The molecular weight excluding hydrogens is 376 g/mol. The van der Waals surface area contributed by atoms with Crippen molar-refractivity contribution in [3.63, 3.8) is 0 Å². The van der Waals surface area contributed by atoms with E-state index in [1.807, 2.05) is 24.0 Å². The van der Waals surface area contributed by atoms with Crippen LogP contribution >= 0.6 is 0 Å². The van der Waals surface area contributed by atoms with Gasteiger partial charge in [-0.1, -0.05) is 0 Å². The molecule has 1 aliphatic rings. The zero-order valence-electron chi connectivity index (χ0n) is 14.9. The normalized spacial score (nSPS) is 15.7. The number of rotatable bonds is 6. The molecule has 0 aliphatic carbocycles. The Hall–Kier alpha value is -2.33. The van der Waals surface area contributed by atoms with Crippen molar-refractivity contribution in [2.45, 2.75) is 12.7 Å². The smallest absolute Gasteiger partial charge is 0.218 e. The van der Waals surface area contributed by atoms with E-state index in [0.29, 0.717) is 24.7 Å². The van der Waals surface area contributed by atoms with E-state index in [1.165, 1.54) is 4.31 Å². The first-order chi connectivity index (χ1) is 12.9. The van der Waals surface area contributed by atoms with Crippen LogP contribution in [-0.2, 0) is 15.8 Å². The molecule has 1 aromatic carbocycles. The van der Waals surface area contributed by atoms with E-state index in [9.17, 15) is 17.2 Å². The Bertz CT molecular complexity index is 864. The second kappa shape index (κ2) is 8.13. The summed E-state index contributed by atoms with van der Waals surface area (Å²) in [5.74, 6) is -0.640. The van der Waals surface area contributed by atoms with Gasteiger partial charge in [0.15, 0.2) is 5.82 Å². The maximum absolute atomic E-state index is 13.3. The van der Waals surface area contributed by atoms with E-state index >= 15 is 0 Å². The summed E-state index contributed by atoms with van der Waals surface area (Å²) in [5.41, 5.74) is 0.0970. The molecule has 3 rings (SSSR count). The summed E-state index contributed by atoms with van der Waals surface area (Å²) in [6, 6.07) is 6.46. The maximum atomic E-state index is 13.3. The second-order valence-corrected chi connectivity index (χ2v) is 8.20. The quantitative estimate of drug-likeness (QED) is 0.801. The van der Waals surface area contributed by atoms with Gasteiger partial charge in [0.1, 0.15) is 17.5 Å². The third kappa shape index (κ3) is 4.89. The first-order valence-corrected chi connectivity index (χ1v) is 10.2. The summed E-state index contributed by atoms with van der Waals surface area (Å²) in [6.45, 7) is 4.19. The van der Waals surface area contributed by atoms with Crippen molar-refractivity contribution in [2.75, 3.05) is 42.9 Å². The number of aromatic nitrogens is 2. The highest BCUT2D eigenvalue weighted by molar-refractivity contribution is 7.88. The monoisotopic (exact) mass is 397 g/mol. The van der Waals surface area contributed by atoms with Crippen LogP contribution in [-0.4, -0.2) is 55.6 Å². The molecule has 1 fully saturated rings. The summed E-state index contributed by atoms with van der Waals surface area (Å²) < 4.78 is 53.0. The van der Waals surface area contributed by atoms with Gasteiger partial charge in [0.2, 0.25) is 10.0 Å². The molecule has 2 heterocycles. The topological polar surface area (TPSA) is 78.4 Å². The van der Waals surface area contributed by atoms with Gasteiger partial charge in [-0.25, -0.2) is 17.2 Å². The van der Waals surface area contributed by atoms with Crippen molar-refractivity contribution in [1.29, 1.82) is 0 Å². The van der Waals surface area contributed by atoms with E-state index in [1.54, 1.807) is 0 Å². The van der Waals surface area contributed by atoms with E-state index in [0.717, 1.165) is 24.7 Å². The van der Waals surface area contributed by atoms with E-state index in [2.05, 4.69) is 15.5 Å². The molecule has 0 spiro atoms. The Labute approximate surface area is 157 Å². The average Bonchev–Trinajstić information content (AvgIpc) is 2.61. The largest absolute Gasteiger partial charge is 0.369 e. The minimum atomic E-state index is -3.66. The number of nitrogens with one attached hydrogen (secondary N) is 1. The van der Waals surface area contributed by atoms with Crippen molar-refractivity contribution >= 4 is 21.7 Å². The fourth-order valence-corrected chi connectivity index (χ4v) is 4.45. The highest BCUT2D eigenvalue weighted by atomic mass is 32.2. The molecular formula is C17H21F2N5O2S. The van der Waals surface area contributed by atoms with Crippen molar-refractivity contribution in [1.82, 2.24) is 14.5 Å². The summed E-state index contributed by atoms with van der Waals surface area (Å²) in [4.78, 5) is 1.95. The maximum Gasteiger partial charge on any atom is 0.218 e. The Morgan fingerprint density at radius 2 is 1.70 bits per heavy atom. The number of piperazine rings is 1. The van der Waals surface area contributed by atoms with Gasteiger partial charge in [0, 0.05) is 38.8 Å². The standard InChI is InChI=1S/C17H21F2N5O2S/c1-2-20-16-3-4-17(22-21-16)23-5-7-24(8-6-23)27(25,26)12-13-9-14(18)11-15(19)10-13/h3-4,9-11H,2,5-8,12H2,1H3,(H,20,21). The molecule has 0 bridgehead atoms. The molecule has 2 aromatic rings. The van der Waals surface area contributed by atoms with Gasteiger partial charge in [-0.05, 0) is 36.8 Å². The van der Waals surface area contributed by atoms with Crippen molar-refractivity contribution < 1.29 is 17.2 Å². The number of hydrogen-bond acceptors (Lipinski definition) is 6. The van der Waals surface area contributed by atoms with Gasteiger partial charge in [0.05, 0.1) is 5.75 Å². The number of benzene rings is 1. The number of halogens is 2. The van der Waals surface area contributed by atoms with Gasteiger partial charge >= 0.3 is 0 Å². The zero-order valence-corrected chi connectivity index (χ0v) is 15.7. The van der Waals surface area contributed by atoms with E-state index in [4.69, 9.17) is 0 Å². The molecule has 0 saturated carbocycles. The minimum absolute atomic E-state index is 0.0970. The first kappa shape index (κ1) is 19.4. The van der Waals surface area contributed by atoms with E-state index < -0.39 is 27.4 Å². The lowest BCUT2D eigenvalue weighted by atomic mass is 10.2. The number of anilines is 2. The van der Waals surface area contributed by atoms with Crippen molar-refractivity contribution in [3.05, 3.63) is 47.5 Å². The van der Waals surface area contributed by atoms with Gasteiger partial charge < -0.3 is 10.2 Å². The molecule has 0 unspecified atom stereocenters. The van der Waals surface area contributed by atoms with Crippen LogP contribution in [0.1, 0.15) is 12.5 Å². The van der Waals surface area contributed by atoms with Crippen LogP contribution in [0.15, 0.2) is 30.3 Å². The molecule has 0 amide bonds. The first-order valence-electron chi connectivity index (χ1n) is 8.63. The zero-order chi connectivity index (χ0) is 19.4. The molecule has 1 N–H and O–H groups in total. The van der Waals surface area contributed by atoms with Crippen LogP contribution in [0.4, 0.5) is 20.4 Å². The summed E-state index contributed by atoms with van der Waals surface area (Å²) in [5, 5.41) is 11.3. The number of sulfonamides is 1. The molecule has 1 saturated heterocycles. The lowest BCUT2D eigenvalue weighted by Gasteiger charge is -2.34. The predicted octanol–water partition coefficient (Wildman–Crippen LogP) is 1.84. The van der Waals surface area contributed by atoms with Gasteiger partial charge in [-0.15, -0.1) is 10.2 Å². The number of hydrogen-bond donors (Lipinski definition) is 1. The molecule has 10 heteroatoms. The Morgan fingerprint density at radius 3 is 2.26 bits per heavy atom. The molecule has 27 heavy (non-hydrogen) atoms. The average molecular weight is 397 g/mol. The van der Waals surface area contributed by atoms with Crippen molar-refractivity contribution in [2.24, 2.45) is 0 Å². The number of nitrogens with zero attached hydrogens (tertiary/aromatic N) is 4. The van der Waals surface area contributed by atoms with Crippen LogP contribution in [0.3, 0.4) is 0 Å². The third-order valence-electron chi connectivity index (χ3n) is 4.24. The molecule has 146 valence electrons. The third-order valence-corrected chi connectivity index (χ3v) is 6.09. The van der Waals surface area contributed by atoms with Crippen LogP contribution in [0, 0.1) is 11.6 Å². The Balaban J connectivity index is 1.62. The Morgan fingerprint density at radius 1 is 1.04 bits per heavy atom. The Kier molecular flexibility index (Phi) is 5.85. The summed E-state index contributed by atoms with van der Waals surface area (Å²) in [7, 11) is -3.66. The molecule has 0 atom stereocenters. The fraction of sp³-hybridized carbons (Fsp3) is 0.412.